The maximum atomic E-state index is 10.5. The molecule has 0 aromatic heterocycles. The number of nitro benzene ring substituents is 1. The minimum Gasteiger partial charge on any atom is -0.493 e. The number of ether oxygens (including phenoxy) is 1. The van der Waals surface area contributed by atoms with Crippen LogP contribution in [0.15, 0.2) is 24.3 Å². The molecule has 0 aliphatic rings. The van der Waals surface area contributed by atoms with Crippen molar-refractivity contribution in [3.8, 4) is 5.75 Å². The van der Waals surface area contributed by atoms with Gasteiger partial charge in [-0.1, -0.05) is 6.07 Å². The van der Waals surface area contributed by atoms with Crippen LogP contribution in [0.4, 0.5) is 5.69 Å². The summed E-state index contributed by atoms with van der Waals surface area (Å²) in [4.78, 5) is 11.5. The van der Waals surface area contributed by atoms with E-state index in [1.54, 1.807) is 12.1 Å². The molecular formula is C11H17N2O3+. The first-order valence-electron chi connectivity index (χ1n) is 5.26. The highest BCUT2D eigenvalue weighted by Gasteiger charge is 2.06. The molecule has 1 aromatic rings. The van der Waals surface area contributed by atoms with Gasteiger partial charge in [-0.3, -0.25) is 10.1 Å². The number of rotatable bonds is 6. The van der Waals surface area contributed by atoms with Crippen molar-refractivity contribution in [2.45, 2.75) is 6.42 Å². The molecule has 0 radical (unpaired) electrons. The minimum atomic E-state index is -0.420. The molecule has 0 bridgehead atoms. The Labute approximate surface area is 94.8 Å². The van der Waals surface area contributed by atoms with Crippen LogP contribution in [0.3, 0.4) is 0 Å². The lowest BCUT2D eigenvalue weighted by atomic mass is 10.3. The highest BCUT2D eigenvalue weighted by molar-refractivity contribution is 5.37. The summed E-state index contributed by atoms with van der Waals surface area (Å²) in [6.07, 6.45) is 0.936. The molecule has 0 aliphatic heterocycles. The molecule has 1 rings (SSSR count). The highest BCUT2D eigenvalue weighted by atomic mass is 16.6. The summed E-state index contributed by atoms with van der Waals surface area (Å²) < 4.78 is 5.43. The van der Waals surface area contributed by atoms with Gasteiger partial charge in [-0.05, 0) is 6.07 Å². The van der Waals surface area contributed by atoms with Gasteiger partial charge in [0.05, 0.1) is 38.2 Å². The van der Waals surface area contributed by atoms with Crippen molar-refractivity contribution >= 4 is 5.69 Å². The van der Waals surface area contributed by atoms with Gasteiger partial charge < -0.3 is 9.64 Å². The first-order valence-corrected chi connectivity index (χ1v) is 5.26. The van der Waals surface area contributed by atoms with Gasteiger partial charge >= 0.3 is 0 Å². The topological polar surface area (TPSA) is 56.8 Å². The number of quaternary nitrogens is 1. The van der Waals surface area contributed by atoms with Crippen molar-refractivity contribution in [3.05, 3.63) is 34.4 Å². The third kappa shape index (κ3) is 4.27. The Morgan fingerprint density at radius 3 is 2.81 bits per heavy atom. The number of nitro groups is 1. The normalized spacial score (nSPS) is 10.4. The molecule has 0 atom stereocenters. The summed E-state index contributed by atoms with van der Waals surface area (Å²) in [5, 5.41) is 10.5. The van der Waals surface area contributed by atoms with Crippen LogP contribution in [0.1, 0.15) is 6.42 Å². The molecule has 0 saturated heterocycles. The zero-order valence-electron chi connectivity index (χ0n) is 9.60. The lowest BCUT2D eigenvalue weighted by Crippen LogP contribution is -3.05. The Morgan fingerprint density at radius 1 is 1.44 bits per heavy atom. The fourth-order valence-corrected chi connectivity index (χ4v) is 1.30. The van der Waals surface area contributed by atoms with Crippen molar-refractivity contribution < 1.29 is 14.6 Å². The molecule has 0 aliphatic carbocycles. The highest BCUT2D eigenvalue weighted by Crippen LogP contribution is 2.18. The summed E-state index contributed by atoms with van der Waals surface area (Å²) in [7, 11) is 4.15. The Kier molecular flexibility index (Phi) is 4.72. The summed E-state index contributed by atoms with van der Waals surface area (Å²) in [5.41, 5.74) is 0.0655. The average molecular weight is 225 g/mol. The van der Waals surface area contributed by atoms with Crippen molar-refractivity contribution in [1.82, 2.24) is 0 Å². The number of nitrogens with zero attached hydrogens (tertiary/aromatic N) is 1. The molecule has 0 fully saturated rings. The van der Waals surface area contributed by atoms with E-state index >= 15 is 0 Å². The Balaban J connectivity index is 2.42. The fraction of sp³-hybridized carbons (Fsp3) is 0.455. The van der Waals surface area contributed by atoms with Crippen molar-refractivity contribution in [2.75, 3.05) is 27.2 Å². The second kappa shape index (κ2) is 6.07. The van der Waals surface area contributed by atoms with E-state index in [0.29, 0.717) is 12.4 Å². The zero-order valence-corrected chi connectivity index (χ0v) is 9.60. The van der Waals surface area contributed by atoms with Gasteiger partial charge in [-0.15, -0.1) is 0 Å². The number of nitrogens with one attached hydrogen (secondary N) is 1. The summed E-state index contributed by atoms with van der Waals surface area (Å²) in [5.74, 6) is 0.558. The molecular weight excluding hydrogens is 208 g/mol. The Morgan fingerprint density at radius 2 is 2.19 bits per heavy atom. The summed E-state index contributed by atoms with van der Waals surface area (Å²) in [6, 6.07) is 6.26. The summed E-state index contributed by atoms with van der Waals surface area (Å²) >= 11 is 0. The predicted octanol–water partition coefficient (Wildman–Crippen LogP) is 0.508. The SMILES string of the molecule is C[NH+](C)CCCOc1cccc([N+](=O)[O-])c1. The average Bonchev–Trinajstić information content (AvgIpc) is 2.24. The van der Waals surface area contributed by atoms with Crippen LogP contribution in [-0.4, -0.2) is 32.2 Å². The molecule has 0 heterocycles. The van der Waals surface area contributed by atoms with E-state index in [0.717, 1.165) is 13.0 Å². The third-order valence-electron chi connectivity index (χ3n) is 2.12. The molecule has 0 amide bonds. The predicted molar refractivity (Wildman–Crippen MR) is 60.9 cm³/mol. The van der Waals surface area contributed by atoms with Crippen LogP contribution in [0.25, 0.3) is 0 Å². The summed E-state index contributed by atoms with van der Waals surface area (Å²) in [6.45, 7) is 1.61. The van der Waals surface area contributed by atoms with Gasteiger partial charge in [0.1, 0.15) is 5.75 Å². The van der Waals surface area contributed by atoms with E-state index in [2.05, 4.69) is 14.1 Å². The van der Waals surface area contributed by atoms with Crippen LogP contribution in [0.2, 0.25) is 0 Å². The lowest BCUT2D eigenvalue weighted by molar-refractivity contribution is -0.858. The molecule has 0 saturated carbocycles. The lowest BCUT2D eigenvalue weighted by Gasteiger charge is -2.08. The van der Waals surface area contributed by atoms with E-state index in [-0.39, 0.29) is 5.69 Å². The number of non-ortho nitro benzene ring substituents is 1. The second-order valence-corrected chi connectivity index (χ2v) is 3.91. The third-order valence-corrected chi connectivity index (χ3v) is 2.12. The van der Waals surface area contributed by atoms with Gasteiger partial charge in [-0.25, -0.2) is 0 Å². The van der Waals surface area contributed by atoms with Gasteiger partial charge in [0.25, 0.3) is 5.69 Å². The van der Waals surface area contributed by atoms with E-state index in [1.165, 1.54) is 17.0 Å². The first kappa shape index (κ1) is 12.4. The first-order chi connectivity index (χ1) is 7.59. The molecule has 0 spiro atoms. The molecule has 0 unspecified atom stereocenters. The zero-order chi connectivity index (χ0) is 12.0. The van der Waals surface area contributed by atoms with E-state index < -0.39 is 4.92 Å². The fourth-order valence-electron chi connectivity index (χ4n) is 1.30. The van der Waals surface area contributed by atoms with Crippen LogP contribution in [-0.2, 0) is 0 Å². The standard InChI is InChI=1S/C11H16N2O3/c1-12(2)7-4-8-16-11-6-3-5-10(9-11)13(14)15/h3,5-6,9H,4,7-8H2,1-2H3/p+1. The molecule has 5 heteroatoms. The number of hydrogen-bond acceptors (Lipinski definition) is 3. The van der Waals surface area contributed by atoms with E-state index in [4.69, 9.17) is 4.74 Å². The monoisotopic (exact) mass is 225 g/mol. The molecule has 5 nitrogen and oxygen atoms in total. The van der Waals surface area contributed by atoms with Gasteiger partial charge in [0.15, 0.2) is 0 Å². The molecule has 16 heavy (non-hydrogen) atoms. The smallest absolute Gasteiger partial charge is 0.273 e. The maximum Gasteiger partial charge on any atom is 0.273 e. The van der Waals surface area contributed by atoms with Crippen molar-refractivity contribution in [2.24, 2.45) is 0 Å². The number of hydrogen-bond donors (Lipinski definition) is 1. The van der Waals surface area contributed by atoms with Crippen LogP contribution in [0.5, 0.6) is 5.75 Å². The van der Waals surface area contributed by atoms with Crippen LogP contribution >= 0.6 is 0 Å². The van der Waals surface area contributed by atoms with Gasteiger partial charge in [-0.2, -0.15) is 0 Å². The quantitative estimate of drug-likeness (QED) is 0.436. The van der Waals surface area contributed by atoms with Crippen LogP contribution < -0.4 is 9.64 Å². The van der Waals surface area contributed by atoms with Crippen LogP contribution in [0, 0.1) is 10.1 Å². The van der Waals surface area contributed by atoms with E-state index in [9.17, 15) is 10.1 Å². The van der Waals surface area contributed by atoms with Crippen molar-refractivity contribution in [3.63, 3.8) is 0 Å². The van der Waals surface area contributed by atoms with E-state index in [1.807, 2.05) is 0 Å². The Hall–Kier alpha value is -1.62. The van der Waals surface area contributed by atoms with Gasteiger partial charge in [0, 0.05) is 12.5 Å². The maximum absolute atomic E-state index is 10.5. The minimum absolute atomic E-state index is 0.0655. The van der Waals surface area contributed by atoms with Crippen molar-refractivity contribution in [1.29, 1.82) is 0 Å². The largest absolute Gasteiger partial charge is 0.493 e. The second-order valence-electron chi connectivity index (χ2n) is 3.91. The van der Waals surface area contributed by atoms with Gasteiger partial charge in [0.2, 0.25) is 0 Å². The molecule has 88 valence electrons. The molecule has 1 N–H and O–H groups in total. The number of benzene rings is 1. The Bertz CT molecular complexity index is 353. The molecule has 1 aromatic carbocycles.